The van der Waals surface area contributed by atoms with Gasteiger partial charge in [-0.15, -0.1) is 11.3 Å². The van der Waals surface area contributed by atoms with Crippen molar-refractivity contribution in [3.05, 3.63) is 57.3 Å². The average molecular weight is 290 g/mol. The second kappa shape index (κ2) is 6.34. The summed E-state index contributed by atoms with van der Waals surface area (Å²) >= 11 is 1.37. The molecule has 0 saturated heterocycles. The largest absolute Gasteiger partial charge is 0.465 e. The van der Waals surface area contributed by atoms with Crippen LogP contribution < -0.4 is 0 Å². The fraction of sp³-hybridized carbons (Fsp3) is 0.200. The Balaban J connectivity index is 1.96. The van der Waals surface area contributed by atoms with E-state index in [2.05, 4.69) is 4.74 Å². The lowest BCUT2D eigenvalue weighted by atomic mass is 10.1. The lowest BCUT2D eigenvalue weighted by Crippen LogP contribution is -2.05. The molecule has 0 fully saturated rings. The van der Waals surface area contributed by atoms with E-state index in [4.69, 9.17) is 4.74 Å². The first-order valence-electron chi connectivity index (χ1n) is 6.00. The van der Waals surface area contributed by atoms with Gasteiger partial charge in [0.2, 0.25) is 0 Å². The third-order valence-corrected chi connectivity index (χ3v) is 3.79. The maximum Gasteiger partial charge on any atom is 0.348 e. The first-order chi connectivity index (χ1) is 9.61. The van der Waals surface area contributed by atoms with Gasteiger partial charge in [-0.3, -0.25) is 0 Å². The summed E-state index contributed by atoms with van der Waals surface area (Å²) in [5.74, 6) is -0.711. The molecule has 0 unspecified atom stereocenters. The fourth-order valence-electron chi connectivity index (χ4n) is 1.65. The van der Waals surface area contributed by atoms with Crippen molar-refractivity contribution < 1.29 is 19.1 Å². The van der Waals surface area contributed by atoms with Gasteiger partial charge in [0.1, 0.15) is 11.5 Å². The number of carbonyl (C=O) groups is 2. The highest BCUT2D eigenvalue weighted by Gasteiger charge is 2.12. The summed E-state index contributed by atoms with van der Waals surface area (Å²) < 4.78 is 9.85. The predicted molar refractivity (Wildman–Crippen MR) is 76.0 cm³/mol. The highest BCUT2D eigenvalue weighted by molar-refractivity contribution is 7.12. The van der Waals surface area contributed by atoms with E-state index in [9.17, 15) is 9.59 Å². The Hall–Kier alpha value is -2.14. The van der Waals surface area contributed by atoms with Crippen LogP contribution in [0.1, 0.15) is 31.2 Å². The van der Waals surface area contributed by atoms with Crippen LogP contribution in [0.2, 0.25) is 0 Å². The van der Waals surface area contributed by atoms with Gasteiger partial charge in [0.15, 0.2) is 0 Å². The van der Waals surface area contributed by atoms with Gasteiger partial charge < -0.3 is 9.47 Å². The minimum Gasteiger partial charge on any atom is -0.465 e. The molecule has 5 heteroatoms. The Morgan fingerprint density at radius 1 is 1.10 bits per heavy atom. The molecule has 20 heavy (non-hydrogen) atoms. The zero-order chi connectivity index (χ0) is 14.5. The standard InChI is InChI=1S/C15H14O4S/c1-10-7-8-20-13(10)15(17)19-9-11-3-5-12(6-4-11)14(16)18-2/h3-8H,9H2,1-2H3. The number of methoxy groups -OCH3 is 1. The lowest BCUT2D eigenvalue weighted by Gasteiger charge is -2.05. The second-order valence-electron chi connectivity index (χ2n) is 4.20. The molecule has 4 nitrogen and oxygen atoms in total. The van der Waals surface area contributed by atoms with E-state index in [1.807, 2.05) is 18.4 Å². The van der Waals surface area contributed by atoms with Crippen LogP contribution in [0.15, 0.2) is 35.7 Å². The second-order valence-corrected chi connectivity index (χ2v) is 5.11. The maximum absolute atomic E-state index is 11.8. The van der Waals surface area contributed by atoms with E-state index in [1.54, 1.807) is 24.3 Å². The van der Waals surface area contributed by atoms with Gasteiger partial charge in [0, 0.05) is 0 Å². The van der Waals surface area contributed by atoms with Crippen LogP contribution in [0.5, 0.6) is 0 Å². The van der Waals surface area contributed by atoms with Crippen LogP contribution in [0.3, 0.4) is 0 Å². The summed E-state index contributed by atoms with van der Waals surface area (Å²) in [5.41, 5.74) is 2.21. The van der Waals surface area contributed by atoms with E-state index in [0.717, 1.165) is 11.1 Å². The van der Waals surface area contributed by atoms with Crippen molar-refractivity contribution in [1.82, 2.24) is 0 Å². The van der Waals surface area contributed by atoms with Gasteiger partial charge in [-0.25, -0.2) is 9.59 Å². The van der Waals surface area contributed by atoms with Gasteiger partial charge in [0.25, 0.3) is 0 Å². The van der Waals surface area contributed by atoms with Gasteiger partial charge in [-0.2, -0.15) is 0 Å². The molecule has 0 aliphatic heterocycles. The predicted octanol–water partition coefficient (Wildman–Crippen LogP) is 3.20. The number of ether oxygens (including phenoxy) is 2. The highest BCUT2D eigenvalue weighted by Crippen LogP contribution is 2.17. The molecule has 1 aromatic heterocycles. The Morgan fingerprint density at radius 2 is 1.80 bits per heavy atom. The number of thiophene rings is 1. The van der Waals surface area contributed by atoms with E-state index in [1.165, 1.54) is 18.4 Å². The number of hydrogen-bond donors (Lipinski definition) is 0. The molecule has 0 amide bonds. The molecule has 0 saturated carbocycles. The van der Waals surface area contributed by atoms with E-state index in [0.29, 0.717) is 10.4 Å². The van der Waals surface area contributed by atoms with Crippen molar-refractivity contribution in [2.24, 2.45) is 0 Å². The molecule has 2 rings (SSSR count). The summed E-state index contributed by atoms with van der Waals surface area (Å²) in [6.07, 6.45) is 0. The topological polar surface area (TPSA) is 52.6 Å². The van der Waals surface area contributed by atoms with Crippen LogP contribution in [-0.4, -0.2) is 19.0 Å². The van der Waals surface area contributed by atoms with Crippen LogP contribution in [0, 0.1) is 6.92 Å². The molecular formula is C15H14O4S. The van der Waals surface area contributed by atoms with Crippen LogP contribution in [0.4, 0.5) is 0 Å². The van der Waals surface area contributed by atoms with Gasteiger partial charge in [0.05, 0.1) is 12.7 Å². The quantitative estimate of drug-likeness (QED) is 0.811. The van der Waals surface area contributed by atoms with E-state index < -0.39 is 0 Å². The van der Waals surface area contributed by atoms with Gasteiger partial charge in [-0.1, -0.05) is 12.1 Å². The molecule has 1 heterocycles. The Labute approximate surface area is 121 Å². The Morgan fingerprint density at radius 3 is 2.35 bits per heavy atom. The summed E-state index contributed by atoms with van der Waals surface area (Å²) in [7, 11) is 1.33. The zero-order valence-corrected chi connectivity index (χ0v) is 12.0. The molecule has 2 aromatic rings. The normalized spacial score (nSPS) is 10.1. The third-order valence-electron chi connectivity index (χ3n) is 2.79. The first-order valence-corrected chi connectivity index (χ1v) is 6.88. The number of carbonyl (C=O) groups excluding carboxylic acids is 2. The monoisotopic (exact) mass is 290 g/mol. The van der Waals surface area contributed by atoms with Crippen molar-refractivity contribution in [2.75, 3.05) is 7.11 Å². The summed E-state index contributed by atoms with van der Waals surface area (Å²) in [6.45, 7) is 2.05. The molecule has 104 valence electrons. The third kappa shape index (κ3) is 3.24. The molecule has 0 bridgehead atoms. The van der Waals surface area contributed by atoms with Crippen molar-refractivity contribution in [3.63, 3.8) is 0 Å². The van der Waals surface area contributed by atoms with Crippen molar-refractivity contribution >= 4 is 23.3 Å². The molecule has 0 radical (unpaired) electrons. The first kappa shape index (κ1) is 14.3. The molecule has 0 aliphatic rings. The SMILES string of the molecule is COC(=O)c1ccc(COC(=O)c2sccc2C)cc1. The van der Waals surface area contributed by atoms with Crippen molar-refractivity contribution in [1.29, 1.82) is 0 Å². The van der Waals surface area contributed by atoms with Gasteiger partial charge >= 0.3 is 11.9 Å². The summed E-state index contributed by atoms with van der Waals surface area (Å²) in [6, 6.07) is 8.64. The molecule has 0 spiro atoms. The fourth-order valence-corrected chi connectivity index (χ4v) is 2.47. The summed E-state index contributed by atoms with van der Waals surface area (Å²) in [5, 5.41) is 1.86. The number of esters is 2. The summed E-state index contributed by atoms with van der Waals surface area (Å²) in [4.78, 5) is 23.7. The van der Waals surface area contributed by atoms with Crippen LogP contribution in [-0.2, 0) is 16.1 Å². The number of benzene rings is 1. The van der Waals surface area contributed by atoms with Gasteiger partial charge in [-0.05, 0) is 41.6 Å². The maximum atomic E-state index is 11.8. The minimum atomic E-state index is -0.386. The van der Waals surface area contributed by atoms with Crippen LogP contribution in [0.25, 0.3) is 0 Å². The van der Waals surface area contributed by atoms with Crippen molar-refractivity contribution in [3.8, 4) is 0 Å². The smallest absolute Gasteiger partial charge is 0.348 e. The molecule has 0 N–H and O–H groups in total. The van der Waals surface area contributed by atoms with E-state index in [-0.39, 0.29) is 18.5 Å². The molecule has 1 aromatic carbocycles. The number of hydrogen-bond acceptors (Lipinski definition) is 5. The molecule has 0 atom stereocenters. The molecule has 0 aliphatic carbocycles. The Kier molecular flexibility index (Phi) is 4.53. The highest BCUT2D eigenvalue weighted by atomic mass is 32.1. The zero-order valence-electron chi connectivity index (χ0n) is 11.2. The minimum absolute atomic E-state index is 0.178. The Bertz CT molecular complexity index is 613. The number of rotatable bonds is 4. The van der Waals surface area contributed by atoms with E-state index >= 15 is 0 Å². The van der Waals surface area contributed by atoms with Crippen LogP contribution >= 0.6 is 11.3 Å². The van der Waals surface area contributed by atoms with Crippen molar-refractivity contribution in [2.45, 2.75) is 13.5 Å². The number of aryl methyl sites for hydroxylation is 1. The average Bonchev–Trinajstić information content (AvgIpc) is 2.90. The molecular weight excluding hydrogens is 276 g/mol. The lowest BCUT2D eigenvalue weighted by molar-refractivity contribution is 0.0476.